The van der Waals surface area contributed by atoms with Crippen molar-refractivity contribution < 1.29 is 4.74 Å². The fourth-order valence-electron chi connectivity index (χ4n) is 1.61. The fraction of sp³-hybridized carbons (Fsp3) is 0.250. The summed E-state index contributed by atoms with van der Waals surface area (Å²) in [5, 5.41) is 0.955. The maximum atomic E-state index is 11.3. The van der Waals surface area contributed by atoms with Crippen molar-refractivity contribution in [3.8, 4) is 5.75 Å². The van der Waals surface area contributed by atoms with Crippen LogP contribution in [0.2, 0.25) is 0 Å². The third-order valence-corrected chi connectivity index (χ3v) is 2.26. The van der Waals surface area contributed by atoms with Crippen LogP contribution in [0.4, 0.5) is 0 Å². The van der Waals surface area contributed by atoms with Crippen LogP contribution in [0.3, 0.4) is 0 Å². The van der Waals surface area contributed by atoms with Crippen molar-refractivity contribution in [3.05, 3.63) is 40.2 Å². The monoisotopic (exact) mass is 203 g/mol. The fourth-order valence-corrected chi connectivity index (χ4v) is 1.61. The number of aryl methyl sites for hydroxylation is 1. The molecule has 0 saturated heterocycles. The molecule has 0 unspecified atom stereocenters. The molecule has 1 aromatic heterocycles. The molecule has 0 amide bonds. The van der Waals surface area contributed by atoms with Crippen LogP contribution in [0.15, 0.2) is 29.1 Å². The van der Waals surface area contributed by atoms with E-state index in [1.54, 1.807) is 0 Å². The van der Waals surface area contributed by atoms with Crippen molar-refractivity contribution in [3.63, 3.8) is 0 Å². The van der Waals surface area contributed by atoms with Gasteiger partial charge in [0.05, 0.1) is 12.1 Å². The van der Waals surface area contributed by atoms with Gasteiger partial charge in [0.2, 0.25) is 0 Å². The second-order valence-corrected chi connectivity index (χ2v) is 3.48. The Morgan fingerprint density at radius 3 is 2.87 bits per heavy atom. The quantitative estimate of drug-likeness (QED) is 0.813. The number of ether oxygens (including phenoxy) is 1. The first-order chi connectivity index (χ1) is 7.20. The molecule has 3 heteroatoms. The Morgan fingerprint density at radius 2 is 2.13 bits per heavy atom. The Balaban J connectivity index is 2.75. The Bertz CT molecular complexity index is 543. The van der Waals surface area contributed by atoms with Gasteiger partial charge in [-0.3, -0.25) is 4.79 Å². The van der Waals surface area contributed by atoms with E-state index < -0.39 is 0 Å². The molecule has 0 aliphatic carbocycles. The van der Waals surface area contributed by atoms with E-state index in [0.717, 1.165) is 16.5 Å². The predicted octanol–water partition coefficient (Wildman–Crippen LogP) is 2.24. The second-order valence-electron chi connectivity index (χ2n) is 3.48. The highest BCUT2D eigenvalue weighted by Gasteiger charge is 2.03. The molecule has 15 heavy (non-hydrogen) atoms. The van der Waals surface area contributed by atoms with Gasteiger partial charge in [-0.15, -0.1) is 0 Å². The summed E-state index contributed by atoms with van der Waals surface area (Å²) in [5.41, 5.74) is 1.84. The zero-order chi connectivity index (χ0) is 10.8. The molecule has 0 aliphatic rings. The summed E-state index contributed by atoms with van der Waals surface area (Å²) in [6, 6.07) is 7.37. The Labute approximate surface area is 87.7 Å². The molecule has 0 spiro atoms. The third-order valence-electron chi connectivity index (χ3n) is 2.26. The first kappa shape index (κ1) is 9.77. The molecule has 1 heterocycles. The Morgan fingerprint density at radius 1 is 1.33 bits per heavy atom. The van der Waals surface area contributed by atoms with Crippen molar-refractivity contribution in [1.82, 2.24) is 4.98 Å². The number of aromatic amines is 1. The third kappa shape index (κ3) is 1.86. The summed E-state index contributed by atoms with van der Waals surface area (Å²) in [5.74, 6) is 0.653. The molecule has 0 bridgehead atoms. The van der Waals surface area contributed by atoms with Gasteiger partial charge < -0.3 is 9.72 Å². The highest BCUT2D eigenvalue weighted by Crippen LogP contribution is 2.22. The van der Waals surface area contributed by atoms with Crippen molar-refractivity contribution >= 4 is 10.9 Å². The number of H-pyrrole nitrogens is 1. The van der Waals surface area contributed by atoms with Crippen LogP contribution in [0.25, 0.3) is 10.9 Å². The number of hydrogen-bond donors (Lipinski definition) is 1. The molecule has 3 nitrogen and oxygen atoms in total. The van der Waals surface area contributed by atoms with Crippen molar-refractivity contribution in [1.29, 1.82) is 0 Å². The number of nitrogens with one attached hydrogen (secondary N) is 1. The first-order valence-corrected chi connectivity index (χ1v) is 4.97. The van der Waals surface area contributed by atoms with Crippen molar-refractivity contribution in [2.45, 2.75) is 13.8 Å². The second kappa shape index (κ2) is 3.77. The molecule has 0 saturated carbocycles. The van der Waals surface area contributed by atoms with Crippen LogP contribution in [0.5, 0.6) is 5.75 Å². The van der Waals surface area contributed by atoms with E-state index in [4.69, 9.17) is 4.74 Å². The number of pyridine rings is 1. The van der Waals surface area contributed by atoms with E-state index >= 15 is 0 Å². The predicted molar refractivity (Wildman–Crippen MR) is 60.5 cm³/mol. The van der Waals surface area contributed by atoms with E-state index in [2.05, 4.69) is 4.98 Å². The summed E-state index contributed by atoms with van der Waals surface area (Å²) in [7, 11) is 0. The lowest BCUT2D eigenvalue weighted by Gasteiger charge is -2.07. The molecule has 0 atom stereocenters. The summed E-state index contributed by atoms with van der Waals surface area (Å²) in [4.78, 5) is 14.1. The maximum absolute atomic E-state index is 11.3. The summed E-state index contributed by atoms with van der Waals surface area (Å²) >= 11 is 0. The lowest BCUT2D eigenvalue weighted by atomic mass is 10.1. The minimum absolute atomic E-state index is 0.130. The molecule has 78 valence electrons. The van der Waals surface area contributed by atoms with Crippen LogP contribution in [-0.2, 0) is 0 Å². The van der Waals surface area contributed by atoms with Gasteiger partial charge in [-0.2, -0.15) is 0 Å². The minimum atomic E-state index is -0.130. The summed E-state index contributed by atoms with van der Waals surface area (Å²) in [6.07, 6.45) is 0. The van der Waals surface area contributed by atoms with Crippen LogP contribution < -0.4 is 10.3 Å². The summed E-state index contributed by atoms with van der Waals surface area (Å²) in [6.45, 7) is 4.48. The lowest BCUT2D eigenvalue weighted by molar-refractivity contribution is 0.344. The van der Waals surface area contributed by atoms with Crippen molar-refractivity contribution in [2.24, 2.45) is 0 Å². The molecule has 1 N–H and O–H groups in total. The normalized spacial score (nSPS) is 10.5. The SMILES string of the molecule is CCOc1cc(=O)[nH]c2ccc(C)cc12. The highest BCUT2D eigenvalue weighted by atomic mass is 16.5. The molecule has 1 aromatic carbocycles. The lowest BCUT2D eigenvalue weighted by Crippen LogP contribution is -2.06. The topological polar surface area (TPSA) is 42.1 Å². The minimum Gasteiger partial charge on any atom is -0.493 e. The molecule has 2 aromatic rings. The molecule has 0 radical (unpaired) electrons. The number of aromatic nitrogens is 1. The van der Waals surface area contributed by atoms with E-state index in [-0.39, 0.29) is 5.56 Å². The largest absolute Gasteiger partial charge is 0.493 e. The molecule has 0 fully saturated rings. The van der Waals surface area contributed by atoms with E-state index in [1.807, 2.05) is 32.0 Å². The Kier molecular flexibility index (Phi) is 2.46. The van der Waals surface area contributed by atoms with Gasteiger partial charge in [0.25, 0.3) is 5.56 Å². The zero-order valence-electron chi connectivity index (χ0n) is 8.83. The number of benzene rings is 1. The molecular formula is C12H13NO2. The zero-order valence-corrected chi connectivity index (χ0v) is 8.83. The van der Waals surface area contributed by atoms with Crippen LogP contribution in [0, 0.1) is 6.92 Å². The number of fused-ring (bicyclic) bond motifs is 1. The smallest absolute Gasteiger partial charge is 0.252 e. The van der Waals surface area contributed by atoms with Gasteiger partial charge in [-0.1, -0.05) is 11.6 Å². The molecular weight excluding hydrogens is 190 g/mol. The first-order valence-electron chi connectivity index (χ1n) is 4.97. The van der Waals surface area contributed by atoms with Crippen LogP contribution in [-0.4, -0.2) is 11.6 Å². The van der Waals surface area contributed by atoms with Crippen LogP contribution in [0.1, 0.15) is 12.5 Å². The van der Waals surface area contributed by atoms with Crippen molar-refractivity contribution in [2.75, 3.05) is 6.61 Å². The van der Waals surface area contributed by atoms with E-state index in [9.17, 15) is 4.79 Å². The van der Waals surface area contributed by atoms with Gasteiger partial charge >= 0.3 is 0 Å². The standard InChI is InChI=1S/C12H13NO2/c1-3-15-11-7-12(14)13-10-5-4-8(2)6-9(10)11/h4-7H,3H2,1-2H3,(H,13,14). The number of hydrogen-bond acceptors (Lipinski definition) is 2. The summed E-state index contributed by atoms with van der Waals surface area (Å²) < 4.78 is 5.43. The van der Waals surface area contributed by atoms with E-state index in [0.29, 0.717) is 12.4 Å². The Hall–Kier alpha value is -1.77. The average Bonchev–Trinajstić information content (AvgIpc) is 2.19. The van der Waals surface area contributed by atoms with Gasteiger partial charge in [0.1, 0.15) is 5.75 Å². The van der Waals surface area contributed by atoms with Gasteiger partial charge in [-0.25, -0.2) is 0 Å². The van der Waals surface area contributed by atoms with Crippen LogP contribution >= 0.6 is 0 Å². The molecule has 0 aliphatic heterocycles. The van der Waals surface area contributed by atoms with Gasteiger partial charge in [0.15, 0.2) is 0 Å². The maximum Gasteiger partial charge on any atom is 0.252 e. The average molecular weight is 203 g/mol. The highest BCUT2D eigenvalue weighted by molar-refractivity contribution is 5.85. The molecule has 2 rings (SSSR count). The van der Waals surface area contributed by atoms with E-state index in [1.165, 1.54) is 6.07 Å². The van der Waals surface area contributed by atoms with Gasteiger partial charge in [-0.05, 0) is 26.0 Å². The van der Waals surface area contributed by atoms with Gasteiger partial charge in [0, 0.05) is 11.5 Å². The number of rotatable bonds is 2.